The van der Waals surface area contributed by atoms with Gasteiger partial charge in [-0.3, -0.25) is 9.78 Å². The Labute approximate surface area is 116 Å². The second-order valence-corrected chi connectivity index (χ2v) is 5.12. The Bertz CT molecular complexity index is 499. The van der Waals surface area contributed by atoms with Crippen molar-refractivity contribution in [2.24, 2.45) is 0 Å². The molecule has 0 saturated heterocycles. The van der Waals surface area contributed by atoms with E-state index in [-0.39, 0.29) is 11.9 Å². The van der Waals surface area contributed by atoms with Gasteiger partial charge in [0, 0.05) is 18.2 Å². The van der Waals surface area contributed by atoms with Crippen molar-refractivity contribution in [1.82, 2.24) is 10.3 Å². The molecule has 0 aliphatic rings. The maximum Gasteiger partial charge on any atom is 0.225 e. The number of hydrogen-bond donors (Lipinski definition) is 1. The quantitative estimate of drug-likeness (QED) is 0.880. The first kappa shape index (κ1) is 13.7. The number of methoxy groups -OCH3 is 1. The Balaban J connectivity index is 1.98. The topological polar surface area (TPSA) is 51.2 Å². The van der Waals surface area contributed by atoms with Crippen molar-refractivity contribution in [3.8, 4) is 0 Å². The van der Waals surface area contributed by atoms with Gasteiger partial charge in [-0.1, -0.05) is 12.1 Å². The first-order valence-corrected chi connectivity index (χ1v) is 6.89. The molecule has 1 unspecified atom stereocenters. The number of rotatable bonds is 6. The van der Waals surface area contributed by atoms with E-state index in [1.807, 2.05) is 35.7 Å². The van der Waals surface area contributed by atoms with Crippen molar-refractivity contribution in [2.45, 2.75) is 12.5 Å². The minimum atomic E-state index is -0.210. The largest absolute Gasteiger partial charge is 0.382 e. The van der Waals surface area contributed by atoms with Crippen molar-refractivity contribution in [1.29, 1.82) is 0 Å². The number of hydrogen-bond acceptors (Lipinski definition) is 4. The zero-order chi connectivity index (χ0) is 13.5. The summed E-state index contributed by atoms with van der Waals surface area (Å²) in [4.78, 5) is 17.3. The minimum absolute atomic E-state index is 0.0184. The lowest BCUT2D eigenvalue weighted by atomic mass is 10.2. The third kappa shape index (κ3) is 4.15. The molecule has 0 fully saturated rings. The van der Waals surface area contributed by atoms with Crippen LogP contribution in [0, 0.1) is 0 Å². The van der Waals surface area contributed by atoms with Crippen LogP contribution in [0.25, 0.3) is 0 Å². The van der Waals surface area contributed by atoms with Crippen molar-refractivity contribution in [2.75, 3.05) is 13.7 Å². The number of amides is 1. The minimum Gasteiger partial charge on any atom is -0.382 e. The summed E-state index contributed by atoms with van der Waals surface area (Å²) in [6.45, 7) is 0.410. The molecule has 2 rings (SSSR count). The van der Waals surface area contributed by atoms with Crippen LogP contribution >= 0.6 is 11.3 Å². The normalized spacial score (nSPS) is 12.1. The van der Waals surface area contributed by atoms with Gasteiger partial charge in [-0.05, 0) is 23.6 Å². The maximum atomic E-state index is 12.0. The SMILES string of the molecule is COCC(NC(=O)Cc1cccs1)c1ccccn1. The lowest BCUT2D eigenvalue weighted by Gasteiger charge is -2.17. The number of nitrogens with zero attached hydrogens (tertiary/aromatic N) is 1. The van der Waals surface area contributed by atoms with E-state index in [2.05, 4.69) is 10.3 Å². The summed E-state index contributed by atoms with van der Waals surface area (Å²) in [6.07, 6.45) is 2.11. The Morgan fingerprint density at radius 3 is 2.95 bits per heavy atom. The van der Waals surface area contributed by atoms with E-state index in [1.165, 1.54) is 0 Å². The fourth-order valence-corrected chi connectivity index (χ4v) is 2.47. The van der Waals surface area contributed by atoms with Crippen LogP contribution < -0.4 is 5.32 Å². The summed E-state index contributed by atoms with van der Waals surface area (Å²) in [6, 6.07) is 9.32. The monoisotopic (exact) mass is 276 g/mol. The molecular weight excluding hydrogens is 260 g/mol. The summed E-state index contributed by atoms with van der Waals surface area (Å²) in [5.74, 6) is -0.0184. The van der Waals surface area contributed by atoms with Gasteiger partial charge in [-0.25, -0.2) is 0 Å². The lowest BCUT2D eigenvalue weighted by Crippen LogP contribution is -2.32. The average molecular weight is 276 g/mol. The zero-order valence-corrected chi connectivity index (χ0v) is 11.5. The lowest BCUT2D eigenvalue weighted by molar-refractivity contribution is -0.121. The van der Waals surface area contributed by atoms with E-state index in [0.717, 1.165) is 10.6 Å². The highest BCUT2D eigenvalue weighted by molar-refractivity contribution is 7.10. The molecule has 1 atom stereocenters. The zero-order valence-electron chi connectivity index (χ0n) is 10.7. The summed E-state index contributed by atoms with van der Waals surface area (Å²) < 4.78 is 5.14. The van der Waals surface area contributed by atoms with Crippen LogP contribution in [-0.2, 0) is 16.0 Å². The van der Waals surface area contributed by atoms with Crippen LogP contribution in [-0.4, -0.2) is 24.6 Å². The van der Waals surface area contributed by atoms with Crippen molar-refractivity contribution in [3.05, 3.63) is 52.5 Å². The van der Waals surface area contributed by atoms with Gasteiger partial charge in [0.05, 0.1) is 24.8 Å². The third-order valence-corrected chi connectivity index (χ3v) is 3.50. The number of thiophene rings is 1. The smallest absolute Gasteiger partial charge is 0.225 e. The van der Waals surface area contributed by atoms with Crippen molar-refractivity contribution < 1.29 is 9.53 Å². The van der Waals surface area contributed by atoms with Crippen molar-refractivity contribution in [3.63, 3.8) is 0 Å². The van der Waals surface area contributed by atoms with Crippen LogP contribution in [0.3, 0.4) is 0 Å². The highest BCUT2D eigenvalue weighted by Crippen LogP contribution is 2.12. The molecule has 2 aromatic heterocycles. The predicted molar refractivity (Wildman–Crippen MR) is 75.0 cm³/mol. The number of carbonyl (C=O) groups excluding carboxylic acids is 1. The molecule has 4 nitrogen and oxygen atoms in total. The first-order valence-electron chi connectivity index (χ1n) is 6.01. The molecule has 1 N–H and O–H groups in total. The first-order chi connectivity index (χ1) is 9.29. The van der Waals surface area contributed by atoms with Gasteiger partial charge in [-0.15, -0.1) is 11.3 Å². The van der Waals surface area contributed by atoms with Gasteiger partial charge < -0.3 is 10.1 Å². The fraction of sp³-hybridized carbons (Fsp3) is 0.286. The highest BCUT2D eigenvalue weighted by atomic mass is 32.1. The Morgan fingerprint density at radius 2 is 2.32 bits per heavy atom. The highest BCUT2D eigenvalue weighted by Gasteiger charge is 2.15. The van der Waals surface area contributed by atoms with E-state index in [9.17, 15) is 4.79 Å². The second kappa shape index (κ2) is 7.01. The molecule has 0 spiro atoms. The summed E-state index contributed by atoms with van der Waals surface area (Å²) in [7, 11) is 1.61. The standard InChI is InChI=1S/C14H16N2O2S/c1-18-10-13(12-6-2-3-7-15-12)16-14(17)9-11-5-4-8-19-11/h2-8,13H,9-10H2,1H3,(H,16,17). The van der Waals surface area contributed by atoms with Gasteiger partial charge in [0.1, 0.15) is 0 Å². The Morgan fingerprint density at radius 1 is 1.42 bits per heavy atom. The van der Waals surface area contributed by atoms with E-state index in [1.54, 1.807) is 24.6 Å². The Hall–Kier alpha value is -1.72. The number of pyridine rings is 1. The predicted octanol–water partition coefficient (Wildman–Crippen LogP) is 2.19. The molecule has 0 radical (unpaired) electrons. The molecular formula is C14H16N2O2S. The van der Waals surface area contributed by atoms with Crippen LogP contribution in [0.2, 0.25) is 0 Å². The van der Waals surface area contributed by atoms with Crippen molar-refractivity contribution >= 4 is 17.2 Å². The maximum absolute atomic E-state index is 12.0. The van der Waals surface area contributed by atoms with Crippen LogP contribution in [0.4, 0.5) is 0 Å². The number of carbonyl (C=O) groups is 1. The third-order valence-electron chi connectivity index (χ3n) is 2.63. The molecule has 2 heterocycles. The van der Waals surface area contributed by atoms with Crippen LogP contribution in [0.15, 0.2) is 41.9 Å². The molecule has 0 aromatic carbocycles. The molecule has 100 valence electrons. The average Bonchev–Trinajstić information content (AvgIpc) is 2.92. The van der Waals surface area contributed by atoms with Gasteiger partial charge in [0.25, 0.3) is 0 Å². The number of ether oxygens (including phenoxy) is 1. The molecule has 19 heavy (non-hydrogen) atoms. The van der Waals surface area contributed by atoms with E-state index < -0.39 is 0 Å². The van der Waals surface area contributed by atoms with Crippen LogP contribution in [0.1, 0.15) is 16.6 Å². The second-order valence-electron chi connectivity index (χ2n) is 4.09. The number of nitrogens with one attached hydrogen (secondary N) is 1. The van der Waals surface area contributed by atoms with Gasteiger partial charge in [0.15, 0.2) is 0 Å². The van der Waals surface area contributed by atoms with Crippen LogP contribution in [0.5, 0.6) is 0 Å². The molecule has 5 heteroatoms. The molecule has 2 aromatic rings. The Kier molecular flexibility index (Phi) is 5.06. The summed E-state index contributed by atoms with van der Waals surface area (Å²) in [5.41, 5.74) is 0.809. The fourth-order valence-electron chi connectivity index (χ4n) is 1.77. The van der Waals surface area contributed by atoms with Gasteiger partial charge in [0.2, 0.25) is 5.91 Å². The van der Waals surface area contributed by atoms with Gasteiger partial charge >= 0.3 is 0 Å². The molecule has 0 aliphatic heterocycles. The van der Waals surface area contributed by atoms with E-state index >= 15 is 0 Å². The summed E-state index contributed by atoms with van der Waals surface area (Å²) >= 11 is 1.58. The molecule has 1 amide bonds. The van der Waals surface area contributed by atoms with Gasteiger partial charge in [-0.2, -0.15) is 0 Å². The molecule has 0 saturated carbocycles. The molecule has 0 bridgehead atoms. The number of aromatic nitrogens is 1. The summed E-state index contributed by atoms with van der Waals surface area (Å²) in [5, 5.41) is 4.92. The van der Waals surface area contributed by atoms with E-state index in [0.29, 0.717) is 13.0 Å². The molecule has 0 aliphatic carbocycles. The van der Waals surface area contributed by atoms with E-state index in [4.69, 9.17) is 4.74 Å².